The number of hydrogen-bond acceptors (Lipinski definition) is 3. The first kappa shape index (κ1) is 18.2. The van der Waals surface area contributed by atoms with Crippen molar-refractivity contribution >= 4 is 33.4 Å². The van der Waals surface area contributed by atoms with Crippen LogP contribution in [0.2, 0.25) is 0 Å². The van der Waals surface area contributed by atoms with E-state index in [0.717, 1.165) is 10.0 Å². The molecule has 0 aliphatic rings. The molecule has 2 rings (SSSR count). The van der Waals surface area contributed by atoms with Crippen molar-refractivity contribution in [3.05, 3.63) is 64.1 Å². The summed E-state index contributed by atoms with van der Waals surface area (Å²) in [6, 6.07) is 14.2. The molecule has 5 nitrogen and oxygen atoms in total. The van der Waals surface area contributed by atoms with Gasteiger partial charge in [0.25, 0.3) is 0 Å². The van der Waals surface area contributed by atoms with E-state index in [2.05, 4.69) is 21.2 Å². The van der Waals surface area contributed by atoms with E-state index < -0.39 is 5.91 Å². The Bertz CT molecular complexity index is 714. The van der Waals surface area contributed by atoms with Gasteiger partial charge in [0.05, 0.1) is 6.04 Å². The highest BCUT2D eigenvalue weighted by Gasteiger charge is 2.18. The molecule has 0 saturated heterocycles. The van der Waals surface area contributed by atoms with Crippen LogP contribution in [0.25, 0.3) is 0 Å². The minimum Gasteiger partial charge on any atom is -0.366 e. The molecule has 0 saturated carbocycles. The summed E-state index contributed by atoms with van der Waals surface area (Å²) in [5.41, 5.74) is 7.37. The van der Waals surface area contributed by atoms with Gasteiger partial charge in [-0.25, -0.2) is 0 Å². The smallest absolute Gasteiger partial charge is 0.248 e. The van der Waals surface area contributed by atoms with Crippen LogP contribution in [0.1, 0.15) is 22.8 Å². The Morgan fingerprint density at radius 1 is 1.12 bits per heavy atom. The molecule has 0 radical (unpaired) electrons. The third-order valence-corrected chi connectivity index (χ3v) is 4.35. The lowest BCUT2D eigenvalue weighted by atomic mass is 10.1. The van der Waals surface area contributed by atoms with E-state index in [9.17, 15) is 9.59 Å². The normalized spacial score (nSPS) is 12.0. The first-order valence-electron chi connectivity index (χ1n) is 7.52. The molecule has 2 aromatic carbocycles. The van der Waals surface area contributed by atoms with Gasteiger partial charge in [0.1, 0.15) is 0 Å². The Labute approximate surface area is 150 Å². The lowest BCUT2D eigenvalue weighted by molar-refractivity contribution is -0.120. The van der Waals surface area contributed by atoms with Gasteiger partial charge < -0.3 is 11.1 Å². The molecule has 0 aromatic heterocycles. The maximum absolute atomic E-state index is 12.4. The summed E-state index contributed by atoms with van der Waals surface area (Å²) in [5.74, 6) is -0.600. The number of likely N-dealkylation sites (N-methyl/N-ethyl adjacent to an activating group) is 1. The number of benzene rings is 2. The van der Waals surface area contributed by atoms with E-state index in [-0.39, 0.29) is 11.9 Å². The third kappa shape index (κ3) is 4.91. The average molecular weight is 390 g/mol. The second-order valence-electron chi connectivity index (χ2n) is 5.65. The molecule has 2 amide bonds. The molecule has 6 heteroatoms. The number of carbonyl (C=O) groups excluding carboxylic acids is 2. The Kier molecular flexibility index (Phi) is 6.11. The third-order valence-electron chi connectivity index (χ3n) is 3.82. The molecule has 2 aromatic rings. The zero-order valence-corrected chi connectivity index (χ0v) is 15.2. The van der Waals surface area contributed by atoms with Crippen molar-refractivity contribution in [1.29, 1.82) is 0 Å². The summed E-state index contributed by atoms with van der Waals surface area (Å²) in [7, 11) is 1.91. The van der Waals surface area contributed by atoms with E-state index in [4.69, 9.17) is 5.73 Å². The van der Waals surface area contributed by atoms with Crippen molar-refractivity contribution in [2.75, 3.05) is 12.4 Å². The summed E-state index contributed by atoms with van der Waals surface area (Å²) < 4.78 is 1.03. The fourth-order valence-corrected chi connectivity index (χ4v) is 2.44. The number of hydrogen-bond donors (Lipinski definition) is 2. The molecule has 0 aliphatic carbocycles. The van der Waals surface area contributed by atoms with Gasteiger partial charge in [0.15, 0.2) is 0 Å². The number of carbonyl (C=O) groups is 2. The van der Waals surface area contributed by atoms with E-state index in [1.54, 1.807) is 24.3 Å². The number of nitrogens with two attached hydrogens (primary N) is 1. The molecule has 0 aliphatic heterocycles. The van der Waals surface area contributed by atoms with Gasteiger partial charge in [-0.05, 0) is 55.9 Å². The minimum absolute atomic E-state index is 0.110. The van der Waals surface area contributed by atoms with Gasteiger partial charge >= 0.3 is 0 Å². The summed E-state index contributed by atoms with van der Waals surface area (Å²) in [4.78, 5) is 25.4. The quantitative estimate of drug-likeness (QED) is 0.796. The highest BCUT2D eigenvalue weighted by atomic mass is 79.9. The summed E-state index contributed by atoms with van der Waals surface area (Å²) in [6.45, 7) is 2.52. The molecule has 0 heterocycles. The van der Waals surface area contributed by atoms with Crippen LogP contribution < -0.4 is 11.1 Å². The van der Waals surface area contributed by atoms with Crippen LogP contribution >= 0.6 is 15.9 Å². The van der Waals surface area contributed by atoms with Crippen LogP contribution in [-0.4, -0.2) is 29.8 Å². The number of anilines is 1. The van der Waals surface area contributed by atoms with E-state index in [1.807, 2.05) is 43.1 Å². The highest BCUT2D eigenvalue weighted by Crippen LogP contribution is 2.14. The SMILES string of the molecule is C[C@H](C(=O)Nc1ccc(C(N)=O)cc1)N(C)Cc1ccc(Br)cc1. The highest BCUT2D eigenvalue weighted by molar-refractivity contribution is 9.10. The average Bonchev–Trinajstić information content (AvgIpc) is 2.56. The van der Waals surface area contributed by atoms with E-state index in [1.165, 1.54) is 0 Å². The van der Waals surface area contributed by atoms with Gasteiger partial charge in [-0.15, -0.1) is 0 Å². The summed E-state index contributed by atoms with van der Waals surface area (Å²) >= 11 is 3.41. The zero-order valence-electron chi connectivity index (χ0n) is 13.6. The Balaban J connectivity index is 1.95. The van der Waals surface area contributed by atoms with Crippen molar-refractivity contribution in [1.82, 2.24) is 4.90 Å². The predicted octanol–water partition coefficient (Wildman–Crippen LogP) is 3.01. The van der Waals surface area contributed by atoms with Crippen LogP contribution in [0.4, 0.5) is 5.69 Å². The van der Waals surface area contributed by atoms with Gasteiger partial charge in [0.2, 0.25) is 11.8 Å². The molecule has 3 N–H and O–H groups in total. The first-order valence-corrected chi connectivity index (χ1v) is 8.31. The summed E-state index contributed by atoms with van der Waals surface area (Å²) in [6.07, 6.45) is 0. The second-order valence-corrected chi connectivity index (χ2v) is 6.56. The van der Waals surface area contributed by atoms with Crippen molar-refractivity contribution in [2.45, 2.75) is 19.5 Å². The first-order chi connectivity index (χ1) is 11.4. The fourth-order valence-electron chi connectivity index (χ4n) is 2.18. The largest absolute Gasteiger partial charge is 0.366 e. The maximum atomic E-state index is 12.4. The number of nitrogens with zero attached hydrogens (tertiary/aromatic N) is 1. The molecule has 0 bridgehead atoms. The van der Waals surface area contributed by atoms with Crippen LogP contribution in [0.3, 0.4) is 0 Å². The van der Waals surface area contributed by atoms with E-state index >= 15 is 0 Å². The summed E-state index contributed by atoms with van der Waals surface area (Å²) in [5, 5.41) is 2.84. The van der Waals surface area contributed by atoms with Crippen LogP contribution in [0.15, 0.2) is 53.0 Å². The van der Waals surface area contributed by atoms with Gasteiger partial charge in [-0.2, -0.15) is 0 Å². The van der Waals surface area contributed by atoms with Crippen LogP contribution in [-0.2, 0) is 11.3 Å². The Hall–Kier alpha value is -2.18. The fraction of sp³-hybridized carbons (Fsp3) is 0.222. The van der Waals surface area contributed by atoms with Gasteiger partial charge in [0, 0.05) is 22.3 Å². The van der Waals surface area contributed by atoms with Crippen molar-refractivity contribution < 1.29 is 9.59 Å². The van der Waals surface area contributed by atoms with Gasteiger partial charge in [-0.1, -0.05) is 28.1 Å². The van der Waals surface area contributed by atoms with E-state index in [0.29, 0.717) is 17.8 Å². The molecular weight excluding hydrogens is 370 g/mol. The molecule has 126 valence electrons. The van der Waals surface area contributed by atoms with Crippen molar-refractivity contribution in [2.24, 2.45) is 5.73 Å². The lowest BCUT2D eigenvalue weighted by Crippen LogP contribution is -2.39. The lowest BCUT2D eigenvalue weighted by Gasteiger charge is -2.24. The maximum Gasteiger partial charge on any atom is 0.248 e. The molecule has 0 unspecified atom stereocenters. The molecular formula is C18H20BrN3O2. The number of nitrogens with one attached hydrogen (secondary N) is 1. The molecule has 1 atom stereocenters. The number of primary amides is 1. The second kappa shape index (κ2) is 8.08. The van der Waals surface area contributed by atoms with Crippen LogP contribution in [0, 0.1) is 0 Å². The van der Waals surface area contributed by atoms with Gasteiger partial charge in [-0.3, -0.25) is 14.5 Å². The molecule has 24 heavy (non-hydrogen) atoms. The monoisotopic (exact) mass is 389 g/mol. The number of halogens is 1. The topological polar surface area (TPSA) is 75.4 Å². The predicted molar refractivity (Wildman–Crippen MR) is 98.7 cm³/mol. The van der Waals surface area contributed by atoms with Crippen LogP contribution in [0.5, 0.6) is 0 Å². The molecule has 0 spiro atoms. The zero-order chi connectivity index (χ0) is 17.7. The van der Waals surface area contributed by atoms with Crippen molar-refractivity contribution in [3.63, 3.8) is 0 Å². The number of rotatable bonds is 6. The molecule has 0 fully saturated rings. The minimum atomic E-state index is -0.490. The standard InChI is InChI=1S/C18H20BrN3O2/c1-12(22(2)11-13-3-7-15(19)8-4-13)18(24)21-16-9-5-14(6-10-16)17(20)23/h3-10,12H,11H2,1-2H3,(H2,20,23)(H,21,24)/t12-/m1/s1. The Morgan fingerprint density at radius 2 is 1.71 bits per heavy atom. The van der Waals surface area contributed by atoms with Crippen molar-refractivity contribution in [3.8, 4) is 0 Å². The number of amides is 2. The Morgan fingerprint density at radius 3 is 2.25 bits per heavy atom.